The van der Waals surface area contributed by atoms with Crippen molar-refractivity contribution in [1.82, 2.24) is 10.2 Å². The highest BCUT2D eigenvalue weighted by atomic mass is 16.5. The van der Waals surface area contributed by atoms with Crippen LogP contribution in [0.15, 0.2) is 24.3 Å². The van der Waals surface area contributed by atoms with E-state index in [-0.39, 0.29) is 30.6 Å². The second-order valence-electron chi connectivity index (χ2n) is 5.81. The molecule has 1 aliphatic rings. The Morgan fingerprint density at radius 1 is 1.33 bits per heavy atom. The van der Waals surface area contributed by atoms with Crippen LogP contribution in [0, 0.1) is 5.92 Å². The zero-order valence-electron chi connectivity index (χ0n) is 13.7. The number of benzene rings is 1. The van der Waals surface area contributed by atoms with E-state index in [0.717, 1.165) is 11.3 Å². The lowest BCUT2D eigenvalue weighted by molar-refractivity contribution is -0.137. The number of hydrogen-bond donors (Lipinski definition) is 2. The highest BCUT2D eigenvalue weighted by Crippen LogP contribution is 2.21. The summed E-state index contributed by atoms with van der Waals surface area (Å²) in [6.45, 7) is 1.16. The Morgan fingerprint density at radius 3 is 2.67 bits per heavy atom. The SMILES string of the molecule is COc1ccc(CN2CC(C(=O)NCCCC(=O)O)CC2=O)cc1. The zero-order chi connectivity index (χ0) is 17.5. The maximum atomic E-state index is 12.1. The lowest BCUT2D eigenvalue weighted by atomic mass is 10.1. The number of nitrogens with zero attached hydrogens (tertiary/aromatic N) is 1. The van der Waals surface area contributed by atoms with Gasteiger partial charge in [0.2, 0.25) is 11.8 Å². The average molecular weight is 334 g/mol. The van der Waals surface area contributed by atoms with Gasteiger partial charge in [0.15, 0.2) is 0 Å². The largest absolute Gasteiger partial charge is 0.497 e. The second kappa shape index (κ2) is 8.33. The van der Waals surface area contributed by atoms with Gasteiger partial charge >= 0.3 is 5.97 Å². The van der Waals surface area contributed by atoms with Crippen LogP contribution in [-0.2, 0) is 20.9 Å². The molecule has 7 nitrogen and oxygen atoms in total. The summed E-state index contributed by atoms with van der Waals surface area (Å²) >= 11 is 0. The minimum absolute atomic E-state index is 0.0213. The topological polar surface area (TPSA) is 95.9 Å². The van der Waals surface area contributed by atoms with E-state index in [1.54, 1.807) is 12.0 Å². The molecule has 1 aromatic carbocycles. The normalized spacial score (nSPS) is 17.0. The number of carbonyl (C=O) groups excluding carboxylic acids is 2. The van der Waals surface area contributed by atoms with Gasteiger partial charge in [0, 0.05) is 32.5 Å². The van der Waals surface area contributed by atoms with E-state index in [1.807, 2.05) is 24.3 Å². The summed E-state index contributed by atoms with van der Waals surface area (Å²) in [5, 5.41) is 11.3. The molecule has 0 aliphatic carbocycles. The van der Waals surface area contributed by atoms with Crippen molar-refractivity contribution in [3.8, 4) is 5.75 Å². The number of carboxylic acid groups (broad SMARTS) is 1. The molecule has 2 N–H and O–H groups in total. The van der Waals surface area contributed by atoms with Gasteiger partial charge in [-0.2, -0.15) is 0 Å². The molecule has 2 rings (SSSR count). The van der Waals surface area contributed by atoms with Crippen molar-refractivity contribution in [1.29, 1.82) is 0 Å². The molecule has 1 saturated heterocycles. The van der Waals surface area contributed by atoms with Crippen LogP contribution in [0.1, 0.15) is 24.8 Å². The number of nitrogens with one attached hydrogen (secondary N) is 1. The Balaban J connectivity index is 1.81. The molecule has 1 aromatic rings. The first-order valence-corrected chi connectivity index (χ1v) is 7.90. The van der Waals surface area contributed by atoms with Crippen molar-refractivity contribution in [2.24, 2.45) is 5.92 Å². The molecule has 1 unspecified atom stereocenters. The fourth-order valence-electron chi connectivity index (χ4n) is 2.65. The molecule has 24 heavy (non-hydrogen) atoms. The predicted octanol–water partition coefficient (Wildman–Crippen LogP) is 1.02. The van der Waals surface area contributed by atoms with E-state index in [0.29, 0.717) is 26.1 Å². The summed E-state index contributed by atoms with van der Waals surface area (Å²) in [4.78, 5) is 36.2. The maximum absolute atomic E-state index is 12.1. The molecule has 0 spiro atoms. The highest BCUT2D eigenvalue weighted by molar-refractivity contribution is 5.89. The van der Waals surface area contributed by atoms with Crippen LogP contribution >= 0.6 is 0 Å². The smallest absolute Gasteiger partial charge is 0.303 e. The molecule has 1 heterocycles. The Hall–Kier alpha value is -2.57. The van der Waals surface area contributed by atoms with Gasteiger partial charge in [0.05, 0.1) is 13.0 Å². The standard InChI is InChI=1S/C17H22N2O5/c1-24-14-6-4-12(5-7-14)10-19-11-13(9-15(19)20)17(23)18-8-2-3-16(21)22/h4-7,13H,2-3,8-11H2,1H3,(H,18,23)(H,21,22). The van der Waals surface area contributed by atoms with Crippen LogP contribution < -0.4 is 10.1 Å². The zero-order valence-corrected chi connectivity index (χ0v) is 13.7. The number of carboxylic acids is 1. The summed E-state index contributed by atoms with van der Waals surface area (Å²) in [6.07, 6.45) is 0.603. The van der Waals surface area contributed by atoms with Crippen molar-refractivity contribution >= 4 is 17.8 Å². The van der Waals surface area contributed by atoms with Crippen LogP contribution in [0.3, 0.4) is 0 Å². The first kappa shape index (κ1) is 17.8. The molecular formula is C17H22N2O5. The average Bonchev–Trinajstić information content (AvgIpc) is 2.93. The van der Waals surface area contributed by atoms with Crippen molar-refractivity contribution in [2.45, 2.75) is 25.8 Å². The Kier molecular flexibility index (Phi) is 6.17. The monoisotopic (exact) mass is 334 g/mol. The van der Waals surface area contributed by atoms with Gasteiger partial charge in [0.1, 0.15) is 5.75 Å². The van der Waals surface area contributed by atoms with E-state index in [2.05, 4.69) is 5.32 Å². The van der Waals surface area contributed by atoms with Gasteiger partial charge in [-0.3, -0.25) is 14.4 Å². The van der Waals surface area contributed by atoms with Gasteiger partial charge in [-0.25, -0.2) is 0 Å². The molecule has 0 aromatic heterocycles. The van der Waals surface area contributed by atoms with Gasteiger partial charge in [-0.15, -0.1) is 0 Å². The minimum Gasteiger partial charge on any atom is -0.497 e. The summed E-state index contributed by atoms with van der Waals surface area (Å²) < 4.78 is 5.10. The van der Waals surface area contributed by atoms with Crippen LogP contribution in [0.5, 0.6) is 5.75 Å². The predicted molar refractivity (Wildman–Crippen MR) is 86.4 cm³/mol. The van der Waals surface area contributed by atoms with E-state index in [4.69, 9.17) is 9.84 Å². The third-order valence-electron chi connectivity index (χ3n) is 3.98. The first-order chi connectivity index (χ1) is 11.5. The number of ether oxygens (including phenoxy) is 1. The number of likely N-dealkylation sites (tertiary alicyclic amines) is 1. The van der Waals surface area contributed by atoms with Gasteiger partial charge < -0.3 is 20.1 Å². The van der Waals surface area contributed by atoms with Crippen LogP contribution in [0.25, 0.3) is 0 Å². The number of hydrogen-bond acceptors (Lipinski definition) is 4. The lowest BCUT2D eigenvalue weighted by Crippen LogP contribution is -2.33. The molecular weight excluding hydrogens is 312 g/mol. The second-order valence-corrected chi connectivity index (χ2v) is 5.81. The third kappa shape index (κ3) is 4.97. The molecule has 0 bridgehead atoms. The number of rotatable bonds is 8. The van der Waals surface area contributed by atoms with E-state index >= 15 is 0 Å². The first-order valence-electron chi connectivity index (χ1n) is 7.90. The van der Waals surface area contributed by atoms with Crippen molar-refractivity contribution in [3.63, 3.8) is 0 Å². The number of amides is 2. The highest BCUT2D eigenvalue weighted by Gasteiger charge is 2.33. The molecule has 0 radical (unpaired) electrons. The molecule has 1 aliphatic heterocycles. The lowest BCUT2D eigenvalue weighted by Gasteiger charge is -2.17. The third-order valence-corrected chi connectivity index (χ3v) is 3.98. The van der Waals surface area contributed by atoms with Gasteiger partial charge in [0.25, 0.3) is 0 Å². The molecule has 1 atom stereocenters. The molecule has 1 fully saturated rings. The fourth-order valence-corrected chi connectivity index (χ4v) is 2.65. The quantitative estimate of drug-likeness (QED) is 0.692. The van der Waals surface area contributed by atoms with Crippen molar-refractivity contribution in [3.05, 3.63) is 29.8 Å². The Bertz CT molecular complexity index is 600. The maximum Gasteiger partial charge on any atom is 0.303 e. The van der Waals surface area contributed by atoms with E-state index in [9.17, 15) is 14.4 Å². The molecule has 130 valence electrons. The minimum atomic E-state index is -0.883. The summed E-state index contributed by atoms with van der Waals surface area (Å²) in [5.41, 5.74) is 0.978. The van der Waals surface area contributed by atoms with Crippen molar-refractivity contribution < 1.29 is 24.2 Å². The molecule has 0 saturated carbocycles. The Morgan fingerprint density at radius 2 is 2.04 bits per heavy atom. The van der Waals surface area contributed by atoms with Gasteiger partial charge in [-0.05, 0) is 24.1 Å². The summed E-state index contributed by atoms with van der Waals surface area (Å²) in [7, 11) is 1.60. The van der Waals surface area contributed by atoms with Crippen LogP contribution in [0.2, 0.25) is 0 Å². The van der Waals surface area contributed by atoms with E-state index < -0.39 is 5.97 Å². The number of carbonyl (C=O) groups is 3. The van der Waals surface area contributed by atoms with Crippen molar-refractivity contribution in [2.75, 3.05) is 20.2 Å². The van der Waals surface area contributed by atoms with Gasteiger partial charge in [-0.1, -0.05) is 12.1 Å². The van der Waals surface area contributed by atoms with Crippen LogP contribution in [-0.4, -0.2) is 48.0 Å². The fraction of sp³-hybridized carbons (Fsp3) is 0.471. The van der Waals surface area contributed by atoms with E-state index in [1.165, 1.54) is 0 Å². The summed E-state index contributed by atoms with van der Waals surface area (Å²) in [5.74, 6) is -0.737. The molecule has 7 heteroatoms. The molecule has 2 amide bonds. The summed E-state index contributed by atoms with van der Waals surface area (Å²) in [6, 6.07) is 7.46. The van der Waals surface area contributed by atoms with Crippen LogP contribution in [0.4, 0.5) is 0 Å². The number of methoxy groups -OCH3 is 1. The Labute approximate surface area is 140 Å². The number of aliphatic carboxylic acids is 1.